The highest BCUT2D eigenvalue weighted by molar-refractivity contribution is 6.04. The van der Waals surface area contributed by atoms with E-state index in [9.17, 15) is 9.59 Å². The van der Waals surface area contributed by atoms with Crippen molar-refractivity contribution in [3.05, 3.63) is 70.4 Å². The number of carbonyl (C=O) groups excluding carboxylic acids is 1. The predicted octanol–water partition coefficient (Wildman–Crippen LogP) is 2.93. The van der Waals surface area contributed by atoms with Crippen molar-refractivity contribution in [3.8, 4) is 0 Å². The van der Waals surface area contributed by atoms with E-state index in [1.54, 1.807) is 24.3 Å². The first-order valence-corrected chi connectivity index (χ1v) is 8.77. The van der Waals surface area contributed by atoms with Crippen LogP contribution in [0.25, 0.3) is 21.8 Å². The highest BCUT2D eigenvalue weighted by Crippen LogP contribution is 2.23. The van der Waals surface area contributed by atoms with Gasteiger partial charge in [0.1, 0.15) is 5.82 Å². The molecule has 136 valence electrons. The maximum atomic E-state index is 12.9. The Morgan fingerprint density at radius 1 is 1.04 bits per heavy atom. The predicted molar refractivity (Wildman–Crippen MR) is 104 cm³/mol. The van der Waals surface area contributed by atoms with Gasteiger partial charge in [-0.15, -0.1) is 0 Å². The summed E-state index contributed by atoms with van der Waals surface area (Å²) in [4.78, 5) is 32.8. The third kappa shape index (κ3) is 3.08. The number of rotatable bonds is 4. The van der Waals surface area contributed by atoms with Crippen LogP contribution in [0.1, 0.15) is 36.2 Å². The number of hydrogen-bond donors (Lipinski definition) is 3. The van der Waals surface area contributed by atoms with Crippen LogP contribution in [0.5, 0.6) is 0 Å². The van der Waals surface area contributed by atoms with Crippen LogP contribution in [0, 0.1) is 5.92 Å². The minimum atomic E-state index is -0.360. The summed E-state index contributed by atoms with van der Waals surface area (Å²) in [6, 6.07) is 14.3. The molecule has 0 saturated heterocycles. The molecule has 2 aromatic carbocycles. The summed E-state index contributed by atoms with van der Waals surface area (Å²) < 4.78 is 0. The first-order chi connectivity index (χ1) is 13.0. The van der Waals surface area contributed by atoms with Crippen LogP contribution in [-0.2, 0) is 0 Å². The molecule has 0 aliphatic rings. The van der Waals surface area contributed by atoms with E-state index in [0.717, 1.165) is 11.0 Å². The Balaban J connectivity index is 1.71. The second-order valence-corrected chi connectivity index (χ2v) is 6.78. The minimum absolute atomic E-state index is 0.100. The molecule has 0 spiro atoms. The number of aromatic nitrogens is 4. The topological polar surface area (TPSA) is 104 Å². The Bertz CT molecular complexity index is 1160. The van der Waals surface area contributed by atoms with Crippen LogP contribution in [0.3, 0.4) is 0 Å². The highest BCUT2D eigenvalue weighted by Gasteiger charge is 2.24. The molecule has 0 fully saturated rings. The molecule has 0 radical (unpaired) electrons. The molecule has 1 unspecified atom stereocenters. The van der Waals surface area contributed by atoms with Gasteiger partial charge in [-0.05, 0) is 24.1 Å². The molecule has 27 heavy (non-hydrogen) atoms. The van der Waals surface area contributed by atoms with Gasteiger partial charge in [0.2, 0.25) is 0 Å². The fourth-order valence-electron chi connectivity index (χ4n) is 3.17. The fraction of sp³-hybridized carbons (Fsp3) is 0.200. The molecule has 1 atom stereocenters. The smallest absolute Gasteiger partial charge is 0.272 e. The molecule has 4 rings (SSSR count). The normalized spacial score (nSPS) is 12.6. The number of benzene rings is 2. The summed E-state index contributed by atoms with van der Waals surface area (Å²) in [6.07, 6.45) is 0. The highest BCUT2D eigenvalue weighted by atomic mass is 16.2. The number of amides is 1. The van der Waals surface area contributed by atoms with Crippen molar-refractivity contribution in [2.75, 3.05) is 0 Å². The van der Waals surface area contributed by atoms with E-state index in [-0.39, 0.29) is 29.1 Å². The molecular weight excluding hydrogens is 342 g/mol. The molecule has 1 amide bonds. The van der Waals surface area contributed by atoms with E-state index < -0.39 is 0 Å². The first-order valence-electron chi connectivity index (χ1n) is 8.77. The SMILES string of the molecule is CC(C)C(NC(=O)c1n[nH]c(=O)c2ccccc12)c1nc2ccccc2[nH]1. The lowest BCUT2D eigenvalue weighted by atomic mass is 10.0. The van der Waals surface area contributed by atoms with Crippen LogP contribution in [-0.4, -0.2) is 26.1 Å². The number of carbonyl (C=O) groups is 1. The van der Waals surface area contributed by atoms with Crippen molar-refractivity contribution in [2.45, 2.75) is 19.9 Å². The second-order valence-electron chi connectivity index (χ2n) is 6.78. The Labute approximate surface area is 154 Å². The van der Waals surface area contributed by atoms with Crippen LogP contribution in [0.15, 0.2) is 53.3 Å². The number of H-pyrrole nitrogens is 2. The van der Waals surface area contributed by atoms with E-state index in [1.807, 2.05) is 38.1 Å². The van der Waals surface area contributed by atoms with E-state index in [4.69, 9.17) is 0 Å². The van der Waals surface area contributed by atoms with Gasteiger partial charge in [0.25, 0.3) is 11.5 Å². The Morgan fingerprint density at radius 2 is 1.74 bits per heavy atom. The molecule has 0 bridgehead atoms. The summed E-state index contributed by atoms with van der Waals surface area (Å²) in [5, 5.41) is 10.3. The maximum absolute atomic E-state index is 12.9. The monoisotopic (exact) mass is 361 g/mol. The number of hydrogen-bond acceptors (Lipinski definition) is 4. The second kappa shape index (κ2) is 6.68. The Morgan fingerprint density at radius 3 is 2.48 bits per heavy atom. The number of para-hydroxylation sites is 2. The minimum Gasteiger partial charge on any atom is -0.340 e. The van der Waals surface area contributed by atoms with Crippen molar-refractivity contribution in [2.24, 2.45) is 5.92 Å². The summed E-state index contributed by atoms with van der Waals surface area (Å²) >= 11 is 0. The standard InChI is InChI=1S/C20H19N5O2/c1-11(2)16(18-21-14-9-5-6-10-15(14)22-18)23-20(27)17-12-7-3-4-8-13(12)19(26)25-24-17/h3-11,16H,1-2H3,(H,21,22)(H,23,27)(H,25,26). The number of aromatic amines is 2. The van der Waals surface area contributed by atoms with Crippen LogP contribution in [0.2, 0.25) is 0 Å². The van der Waals surface area contributed by atoms with Gasteiger partial charge in [-0.3, -0.25) is 9.59 Å². The van der Waals surface area contributed by atoms with Gasteiger partial charge in [-0.1, -0.05) is 44.2 Å². The molecule has 0 aliphatic carbocycles. The summed E-state index contributed by atoms with van der Waals surface area (Å²) in [7, 11) is 0. The van der Waals surface area contributed by atoms with Gasteiger partial charge in [-0.2, -0.15) is 5.10 Å². The average molecular weight is 361 g/mol. The van der Waals surface area contributed by atoms with Crippen molar-refractivity contribution in [1.82, 2.24) is 25.5 Å². The van der Waals surface area contributed by atoms with E-state index in [2.05, 4.69) is 25.5 Å². The van der Waals surface area contributed by atoms with Gasteiger partial charge < -0.3 is 10.3 Å². The Hall–Kier alpha value is -3.48. The van der Waals surface area contributed by atoms with Crippen molar-refractivity contribution in [1.29, 1.82) is 0 Å². The molecule has 2 heterocycles. The van der Waals surface area contributed by atoms with Gasteiger partial charge in [0, 0.05) is 5.39 Å². The van der Waals surface area contributed by atoms with Gasteiger partial charge in [-0.25, -0.2) is 10.1 Å². The van der Waals surface area contributed by atoms with Gasteiger partial charge in [0.15, 0.2) is 5.69 Å². The molecule has 3 N–H and O–H groups in total. The summed E-state index contributed by atoms with van der Waals surface area (Å²) in [5.41, 5.74) is 1.63. The number of nitrogens with one attached hydrogen (secondary N) is 3. The van der Waals surface area contributed by atoms with Crippen LogP contribution in [0.4, 0.5) is 0 Å². The lowest BCUT2D eigenvalue weighted by Gasteiger charge is -2.20. The number of nitrogens with zero attached hydrogens (tertiary/aromatic N) is 2. The van der Waals surface area contributed by atoms with Crippen molar-refractivity contribution < 1.29 is 4.79 Å². The zero-order valence-corrected chi connectivity index (χ0v) is 15.0. The molecule has 0 aliphatic heterocycles. The third-order valence-corrected chi connectivity index (χ3v) is 4.57. The molecule has 4 aromatic rings. The quantitative estimate of drug-likeness (QED) is 0.520. The van der Waals surface area contributed by atoms with Crippen molar-refractivity contribution in [3.63, 3.8) is 0 Å². The van der Waals surface area contributed by atoms with Gasteiger partial charge >= 0.3 is 0 Å². The lowest BCUT2D eigenvalue weighted by molar-refractivity contribution is 0.0919. The van der Waals surface area contributed by atoms with Crippen LogP contribution >= 0.6 is 0 Å². The molecule has 2 aromatic heterocycles. The van der Waals surface area contributed by atoms with E-state index in [1.165, 1.54) is 0 Å². The third-order valence-electron chi connectivity index (χ3n) is 4.57. The number of imidazole rings is 1. The molecule has 7 heteroatoms. The molecule has 7 nitrogen and oxygen atoms in total. The van der Waals surface area contributed by atoms with Crippen LogP contribution < -0.4 is 10.9 Å². The summed E-state index contributed by atoms with van der Waals surface area (Å²) in [5.74, 6) is 0.429. The fourth-order valence-corrected chi connectivity index (χ4v) is 3.17. The summed E-state index contributed by atoms with van der Waals surface area (Å²) in [6.45, 7) is 4.02. The zero-order valence-electron chi connectivity index (χ0n) is 15.0. The maximum Gasteiger partial charge on any atom is 0.272 e. The molecular formula is C20H19N5O2. The Kier molecular flexibility index (Phi) is 4.19. The first kappa shape index (κ1) is 17.0. The van der Waals surface area contributed by atoms with E-state index in [0.29, 0.717) is 16.6 Å². The number of fused-ring (bicyclic) bond motifs is 2. The van der Waals surface area contributed by atoms with Crippen molar-refractivity contribution >= 4 is 27.7 Å². The van der Waals surface area contributed by atoms with E-state index >= 15 is 0 Å². The van der Waals surface area contributed by atoms with Gasteiger partial charge in [0.05, 0.1) is 22.5 Å². The molecule has 0 saturated carbocycles. The largest absolute Gasteiger partial charge is 0.340 e. The zero-order chi connectivity index (χ0) is 19.0. The average Bonchev–Trinajstić information content (AvgIpc) is 3.10. The lowest BCUT2D eigenvalue weighted by Crippen LogP contribution is -2.33.